The predicted molar refractivity (Wildman–Crippen MR) is 86.0 cm³/mol. The first-order chi connectivity index (χ1) is 10.3. The molecule has 1 aliphatic rings. The van der Waals surface area contributed by atoms with Crippen molar-refractivity contribution in [2.24, 2.45) is 11.7 Å². The topological polar surface area (TPSA) is 48.1 Å². The van der Waals surface area contributed by atoms with E-state index in [1.54, 1.807) is 7.11 Å². The minimum absolute atomic E-state index is 0.0910. The summed E-state index contributed by atoms with van der Waals surface area (Å²) >= 11 is 0. The number of ether oxygens (including phenoxy) is 1. The molecule has 2 aromatic rings. The van der Waals surface area contributed by atoms with Gasteiger partial charge in [-0.3, -0.25) is 4.98 Å². The highest BCUT2D eigenvalue weighted by Crippen LogP contribution is 2.33. The number of para-hydroxylation sites is 1. The van der Waals surface area contributed by atoms with Crippen molar-refractivity contribution in [1.82, 2.24) is 4.98 Å². The van der Waals surface area contributed by atoms with Crippen molar-refractivity contribution in [3.63, 3.8) is 0 Å². The second-order valence-corrected chi connectivity index (χ2v) is 6.09. The molecular formula is C18H24N2O. The highest BCUT2D eigenvalue weighted by Gasteiger charge is 2.29. The monoisotopic (exact) mass is 284 g/mol. The van der Waals surface area contributed by atoms with E-state index in [1.807, 2.05) is 24.4 Å². The summed E-state index contributed by atoms with van der Waals surface area (Å²) in [5.74, 6) is 0.574. The van der Waals surface area contributed by atoms with Gasteiger partial charge in [-0.2, -0.15) is 0 Å². The van der Waals surface area contributed by atoms with E-state index in [9.17, 15) is 0 Å². The van der Waals surface area contributed by atoms with Crippen LogP contribution >= 0.6 is 0 Å². The first-order valence-electron chi connectivity index (χ1n) is 7.92. The van der Waals surface area contributed by atoms with Crippen LogP contribution in [0, 0.1) is 5.92 Å². The van der Waals surface area contributed by atoms with Gasteiger partial charge in [0.05, 0.1) is 17.7 Å². The van der Waals surface area contributed by atoms with Gasteiger partial charge in [-0.25, -0.2) is 0 Å². The number of rotatable bonds is 4. The molecule has 3 rings (SSSR count). The van der Waals surface area contributed by atoms with E-state index in [1.165, 1.54) is 32.1 Å². The second kappa shape index (κ2) is 6.54. The van der Waals surface area contributed by atoms with Crippen LogP contribution in [0.4, 0.5) is 0 Å². The Balaban J connectivity index is 1.84. The zero-order valence-electron chi connectivity index (χ0n) is 12.7. The number of nitrogens with zero attached hydrogens (tertiary/aromatic N) is 1. The number of fused-ring (bicyclic) bond motifs is 1. The van der Waals surface area contributed by atoms with Crippen LogP contribution in [0.15, 0.2) is 36.5 Å². The molecular weight excluding hydrogens is 260 g/mol. The Labute approximate surface area is 126 Å². The first kappa shape index (κ1) is 14.5. The van der Waals surface area contributed by atoms with Crippen molar-refractivity contribution in [2.45, 2.75) is 44.2 Å². The van der Waals surface area contributed by atoms with Crippen LogP contribution in [0.5, 0.6) is 0 Å². The molecule has 112 valence electrons. The SMILES string of the molecule is COC(C1CCCCC1)C(N)c1cnc2ccccc2c1. The predicted octanol–water partition coefficient (Wildman–Crippen LogP) is 3.83. The number of hydrogen-bond donors (Lipinski definition) is 1. The summed E-state index contributed by atoms with van der Waals surface area (Å²) in [7, 11) is 1.79. The third-order valence-corrected chi connectivity index (χ3v) is 4.74. The molecule has 3 nitrogen and oxygen atoms in total. The molecule has 0 radical (unpaired) electrons. The van der Waals surface area contributed by atoms with Crippen LogP contribution < -0.4 is 5.73 Å². The van der Waals surface area contributed by atoms with Crippen LogP contribution in [0.25, 0.3) is 10.9 Å². The van der Waals surface area contributed by atoms with Gasteiger partial charge in [-0.15, -0.1) is 0 Å². The lowest BCUT2D eigenvalue weighted by Gasteiger charge is -2.33. The van der Waals surface area contributed by atoms with E-state index in [4.69, 9.17) is 10.5 Å². The fourth-order valence-corrected chi connectivity index (χ4v) is 3.56. The lowest BCUT2D eigenvalue weighted by atomic mass is 9.81. The Hall–Kier alpha value is -1.45. The molecule has 2 unspecified atom stereocenters. The number of nitrogens with two attached hydrogens (primary N) is 1. The fraction of sp³-hybridized carbons (Fsp3) is 0.500. The summed E-state index contributed by atoms with van der Waals surface area (Å²) in [6, 6.07) is 10.2. The summed E-state index contributed by atoms with van der Waals surface area (Å²) in [5, 5.41) is 1.14. The molecule has 1 aliphatic carbocycles. The smallest absolute Gasteiger partial charge is 0.0792 e. The minimum atomic E-state index is -0.102. The molecule has 0 bridgehead atoms. The van der Waals surface area contributed by atoms with Crippen molar-refractivity contribution in [1.29, 1.82) is 0 Å². The highest BCUT2D eigenvalue weighted by molar-refractivity contribution is 5.78. The Kier molecular flexibility index (Phi) is 4.51. The maximum absolute atomic E-state index is 6.51. The normalized spacial score (nSPS) is 19.5. The van der Waals surface area contributed by atoms with E-state index in [0.717, 1.165) is 16.5 Å². The van der Waals surface area contributed by atoms with Gasteiger partial charge in [0.1, 0.15) is 0 Å². The fourth-order valence-electron chi connectivity index (χ4n) is 3.56. The summed E-state index contributed by atoms with van der Waals surface area (Å²) in [6.07, 6.45) is 8.40. The lowest BCUT2D eigenvalue weighted by molar-refractivity contribution is 0.0172. The van der Waals surface area contributed by atoms with Crippen LogP contribution in [0.1, 0.15) is 43.7 Å². The minimum Gasteiger partial charge on any atom is -0.379 e. The van der Waals surface area contributed by atoms with Gasteiger partial charge >= 0.3 is 0 Å². The maximum atomic E-state index is 6.51. The molecule has 1 aromatic carbocycles. The molecule has 3 heteroatoms. The lowest BCUT2D eigenvalue weighted by Crippen LogP contribution is -2.36. The van der Waals surface area contributed by atoms with Gasteiger partial charge < -0.3 is 10.5 Å². The van der Waals surface area contributed by atoms with E-state index in [-0.39, 0.29) is 12.1 Å². The summed E-state index contributed by atoms with van der Waals surface area (Å²) in [4.78, 5) is 4.53. The van der Waals surface area contributed by atoms with E-state index < -0.39 is 0 Å². The van der Waals surface area contributed by atoms with Crippen LogP contribution in [-0.2, 0) is 4.74 Å². The summed E-state index contributed by atoms with van der Waals surface area (Å²) < 4.78 is 5.77. The van der Waals surface area contributed by atoms with E-state index in [2.05, 4.69) is 17.1 Å². The second-order valence-electron chi connectivity index (χ2n) is 6.09. The summed E-state index contributed by atoms with van der Waals surface area (Å²) in [6.45, 7) is 0. The molecule has 0 amide bonds. The van der Waals surface area contributed by atoms with Gasteiger partial charge in [-0.1, -0.05) is 37.5 Å². The van der Waals surface area contributed by atoms with Crippen molar-refractivity contribution in [3.8, 4) is 0 Å². The van der Waals surface area contributed by atoms with Crippen LogP contribution in [-0.4, -0.2) is 18.2 Å². The van der Waals surface area contributed by atoms with Gasteiger partial charge in [0.2, 0.25) is 0 Å². The van der Waals surface area contributed by atoms with Gasteiger partial charge in [-0.05, 0) is 36.5 Å². The highest BCUT2D eigenvalue weighted by atomic mass is 16.5. The average molecular weight is 284 g/mol. The Morgan fingerprint density at radius 2 is 1.95 bits per heavy atom. The number of methoxy groups -OCH3 is 1. The average Bonchev–Trinajstić information content (AvgIpc) is 2.56. The number of benzene rings is 1. The van der Waals surface area contributed by atoms with E-state index >= 15 is 0 Å². The molecule has 0 spiro atoms. The van der Waals surface area contributed by atoms with Crippen molar-refractivity contribution >= 4 is 10.9 Å². The van der Waals surface area contributed by atoms with Crippen molar-refractivity contribution in [3.05, 3.63) is 42.1 Å². The molecule has 0 saturated heterocycles. The molecule has 21 heavy (non-hydrogen) atoms. The van der Waals surface area contributed by atoms with E-state index in [0.29, 0.717) is 5.92 Å². The molecule has 1 heterocycles. The molecule has 1 saturated carbocycles. The first-order valence-corrected chi connectivity index (χ1v) is 7.92. The molecule has 2 N–H and O–H groups in total. The third kappa shape index (κ3) is 3.09. The zero-order chi connectivity index (χ0) is 14.7. The molecule has 1 fully saturated rings. The number of aromatic nitrogens is 1. The number of hydrogen-bond acceptors (Lipinski definition) is 3. The van der Waals surface area contributed by atoms with Crippen LogP contribution in [0.2, 0.25) is 0 Å². The van der Waals surface area contributed by atoms with Crippen molar-refractivity contribution in [2.75, 3.05) is 7.11 Å². The van der Waals surface area contributed by atoms with Crippen molar-refractivity contribution < 1.29 is 4.74 Å². The maximum Gasteiger partial charge on any atom is 0.0792 e. The Morgan fingerprint density at radius 1 is 1.19 bits per heavy atom. The van der Waals surface area contributed by atoms with Gasteiger partial charge in [0.25, 0.3) is 0 Å². The zero-order valence-corrected chi connectivity index (χ0v) is 12.7. The van der Waals surface area contributed by atoms with Gasteiger partial charge in [0.15, 0.2) is 0 Å². The Bertz CT molecular complexity index is 593. The van der Waals surface area contributed by atoms with Crippen LogP contribution in [0.3, 0.4) is 0 Å². The standard InChI is InChI=1S/C18H24N2O/c1-21-18(13-7-3-2-4-8-13)17(19)15-11-14-9-5-6-10-16(14)20-12-15/h5-6,9-13,17-18H,2-4,7-8,19H2,1H3. The quantitative estimate of drug-likeness (QED) is 0.928. The third-order valence-electron chi connectivity index (χ3n) is 4.74. The molecule has 0 aliphatic heterocycles. The summed E-state index contributed by atoms with van der Waals surface area (Å²) in [5.41, 5.74) is 8.60. The molecule has 2 atom stereocenters. The Morgan fingerprint density at radius 3 is 2.71 bits per heavy atom. The largest absolute Gasteiger partial charge is 0.379 e. The number of pyridine rings is 1. The van der Waals surface area contributed by atoms with Gasteiger partial charge in [0, 0.05) is 18.7 Å². The molecule has 1 aromatic heterocycles.